The van der Waals surface area contributed by atoms with Crippen molar-refractivity contribution in [2.75, 3.05) is 14.2 Å². The van der Waals surface area contributed by atoms with Crippen molar-refractivity contribution in [2.45, 2.75) is 0 Å². The number of rotatable bonds is 2. The summed E-state index contributed by atoms with van der Waals surface area (Å²) in [6.45, 7) is 0. The Balaban J connectivity index is 3.22. The van der Waals surface area contributed by atoms with Gasteiger partial charge in [-0.25, -0.2) is 0 Å². The Bertz CT molecular complexity index is 776. The van der Waals surface area contributed by atoms with Crippen molar-refractivity contribution in [3.8, 4) is 11.5 Å². The number of methoxy groups -OCH3 is 2. The summed E-state index contributed by atoms with van der Waals surface area (Å²) < 4.78 is 9.83. The molecule has 0 aromatic carbocycles. The van der Waals surface area contributed by atoms with Gasteiger partial charge in [0.25, 0.3) is 5.43 Å². The van der Waals surface area contributed by atoms with Gasteiger partial charge >= 0.3 is 0 Å². The van der Waals surface area contributed by atoms with Crippen LogP contribution in [0, 0.1) is 16.0 Å². The first-order valence-corrected chi connectivity index (χ1v) is 4.88. The zero-order valence-electron chi connectivity index (χ0n) is 9.67. The van der Waals surface area contributed by atoms with Crippen LogP contribution in [-0.2, 0) is 0 Å². The molecule has 8 nitrogen and oxygen atoms in total. The van der Waals surface area contributed by atoms with E-state index in [1.54, 1.807) is 0 Å². The molecule has 8 heteroatoms. The van der Waals surface area contributed by atoms with E-state index >= 15 is 0 Å². The van der Waals surface area contributed by atoms with Crippen molar-refractivity contribution >= 4 is 0 Å². The molecule has 2 rings (SSSR count). The quantitative estimate of drug-likeness (QED) is 0.616. The first kappa shape index (κ1) is 11.8. The molecule has 1 aliphatic heterocycles. The van der Waals surface area contributed by atoms with E-state index in [9.17, 15) is 15.2 Å². The predicted octanol–water partition coefficient (Wildman–Crippen LogP) is -0.654. The molecule has 0 fully saturated rings. The summed E-state index contributed by atoms with van der Waals surface area (Å²) in [7, 11) is 2.56. The summed E-state index contributed by atoms with van der Waals surface area (Å²) in [4.78, 5) is 12.6. The first-order valence-electron chi connectivity index (χ1n) is 4.88. The molecule has 3 N–H and O–H groups in total. The van der Waals surface area contributed by atoms with Crippen molar-refractivity contribution < 1.29 is 19.9 Å². The van der Waals surface area contributed by atoms with E-state index in [4.69, 9.17) is 14.9 Å². The average Bonchev–Trinajstić information content (AvgIpc) is 2.36. The van der Waals surface area contributed by atoms with Crippen LogP contribution in [0.15, 0.2) is 17.1 Å². The van der Waals surface area contributed by atoms with Gasteiger partial charge in [-0.05, 0) is 6.07 Å². The van der Waals surface area contributed by atoms with Gasteiger partial charge in [-0.1, -0.05) is 9.69 Å². The summed E-state index contributed by atoms with van der Waals surface area (Å²) in [6.07, 6.45) is 1.09. The minimum atomic E-state index is -0.689. The average molecular weight is 253 g/mol. The lowest BCUT2D eigenvalue weighted by molar-refractivity contribution is -0.0220. The van der Waals surface area contributed by atoms with E-state index in [0.29, 0.717) is 4.85 Å². The largest absolute Gasteiger partial charge is 0.491 e. The molecule has 18 heavy (non-hydrogen) atoms. The van der Waals surface area contributed by atoms with Gasteiger partial charge in [-0.3, -0.25) is 10.2 Å². The highest BCUT2D eigenvalue weighted by molar-refractivity contribution is 5.39. The second-order valence-corrected chi connectivity index (χ2v) is 3.46. The van der Waals surface area contributed by atoms with Crippen LogP contribution in [0.1, 0.15) is 0 Å². The standard InChI is InChI=1S/C10H11N3O5/c1-17-9-6(11)5-3-4-12(15)13(16)7(5)8(14)10(9)18-2/h3-4,11,15-16H,1-2H3. The molecule has 2 aliphatic rings. The molecule has 0 aromatic heterocycles. The Kier molecular flexibility index (Phi) is 2.62. The molecule has 0 radical (unpaired) electrons. The number of nitrogens with one attached hydrogen (secondary N) is 1. The molecule has 96 valence electrons. The topological polar surface area (TPSA) is 110 Å². The molecular formula is C10H11N3O5. The molecule has 0 bridgehead atoms. The second-order valence-electron chi connectivity index (χ2n) is 3.46. The smallest absolute Gasteiger partial charge is 0.253 e. The van der Waals surface area contributed by atoms with Gasteiger partial charge in [-0.2, -0.15) is 0 Å². The van der Waals surface area contributed by atoms with E-state index in [2.05, 4.69) is 0 Å². The van der Waals surface area contributed by atoms with Gasteiger partial charge in [-0.15, -0.1) is 0 Å². The minimum absolute atomic E-state index is 0.0225. The van der Waals surface area contributed by atoms with Gasteiger partial charge < -0.3 is 19.9 Å². The SMILES string of the molecule is COc1c(OC)c(=O)c2n(O)n(O)ccc=2c1=N. The van der Waals surface area contributed by atoms with Crippen molar-refractivity contribution in [2.24, 2.45) is 0 Å². The van der Waals surface area contributed by atoms with Gasteiger partial charge in [0.2, 0.25) is 5.75 Å². The molecule has 0 amide bonds. The minimum Gasteiger partial charge on any atom is -0.491 e. The Labute approximate surface area is 99.9 Å². The molecule has 0 saturated carbocycles. The van der Waals surface area contributed by atoms with Crippen LogP contribution in [0.2, 0.25) is 0 Å². The lowest BCUT2D eigenvalue weighted by Crippen LogP contribution is -2.26. The summed E-state index contributed by atoms with van der Waals surface area (Å²) in [5.74, 6) is -0.227. The van der Waals surface area contributed by atoms with Crippen LogP contribution in [0.3, 0.4) is 0 Å². The predicted molar refractivity (Wildman–Crippen MR) is 57.3 cm³/mol. The molecule has 1 aliphatic carbocycles. The second kappa shape index (κ2) is 3.99. The van der Waals surface area contributed by atoms with Gasteiger partial charge in [0, 0.05) is 5.22 Å². The lowest BCUT2D eigenvalue weighted by Gasteiger charge is -2.10. The van der Waals surface area contributed by atoms with Crippen molar-refractivity contribution in [3.63, 3.8) is 0 Å². The Hall–Kier alpha value is -2.64. The van der Waals surface area contributed by atoms with Crippen molar-refractivity contribution in [3.05, 3.63) is 38.4 Å². The fourth-order valence-electron chi connectivity index (χ4n) is 1.73. The van der Waals surface area contributed by atoms with Crippen LogP contribution >= 0.6 is 0 Å². The molecule has 1 heterocycles. The number of hydrogen-bond donors (Lipinski definition) is 3. The van der Waals surface area contributed by atoms with Crippen LogP contribution in [0.4, 0.5) is 0 Å². The summed E-state index contributed by atoms with van der Waals surface area (Å²) in [6, 6.07) is 1.31. The maximum absolute atomic E-state index is 12.1. The normalized spacial score (nSPS) is 10.6. The van der Waals surface area contributed by atoms with Gasteiger partial charge in [0.15, 0.2) is 11.1 Å². The number of hydrogen-bond acceptors (Lipinski definition) is 6. The highest BCUT2D eigenvalue weighted by Gasteiger charge is 2.16. The highest BCUT2D eigenvalue weighted by Crippen LogP contribution is 2.16. The third-order valence-electron chi connectivity index (χ3n) is 2.56. The van der Waals surface area contributed by atoms with E-state index < -0.39 is 5.43 Å². The van der Waals surface area contributed by atoms with Gasteiger partial charge in [0.1, 0.15) is 5.36 Å². The van der Waals surface area contributed by atoms with E-state index in [0.717, 1.165) is 6.20 Å². The fraction of sp³-hybridized carbons (Fsp3) is 0.200. The monoisotopic (exact) mass is 253 g/mol. The third-order valence-corrected chi connectivity index (χ3v) is 2.56. The molecule has 0 unspecified atom stereocenters. The molecule has 0 aromatic rings. The Morgan fingerprint density at radius 2 is 1.83 bits per heavy atom. The summed E-state index contributed by atoms with van der Waals surface area (Å²) >= 11 is 0. The van der Waals surface area contributed by atoms with Crippen LogP contribution in [0.5, 0.6) is 11.5 Å². The number of nitrogens with zero attached hydrogens (tertiary/aromatic N) is 2. The van der Waals surface area contributed by atoms with E-state index in [1.165, 1.54) is 20.3 Å². The van der Waals surface area contributed by atoms with E-state index in [1.807, 2.05) is 0 Å². The molecule has 0 atom stereocenters. The van der Waals surface area contributed by atoms with Gasteiger partial charge in [0.05, 0.1) is 20.4 Å². The molecule has 0 spiro atoms. The van der Waals surface area contributed by atoms with Crippen LogP contribution < -0.4 is 20.3 Å². The summed E-state index contributed by atoms with van der Waals surface area (Å²) in [5.41, 5.74) is -0.689. The third kappa shape index (κ3) is 1.39. The maximum atomic E-state index is 12.1. The number of aromatic nitrogens is 2. The first-order chi connectivity index (χ1) is 8.52. The van der Waals surface area contributed by atoms with Crippen LogP contribution in [0.25, 0.3) is 0 Å². The van der Waals surface area contributed by atoms with E-state index in [-0.39, 0.29) is 32.3 Å². The molecular weight excluding hydrogens is 242 g/mol. The van der Waals surface area contributed by atoms with Crippen LogP contribution in [-0.4, -0.2) is 34.3 Å². The van der Waals surface area contributed by atoms with Crippen molar-refractivity contribution in [1.29, 1.82) is 5.41 Å². The molecule has 0 saturated heterocycles. The zero-order chi connectivity index (χ0) is 13.4. The maximum Gasteiger partial charge on any atom is 0.253 e. The Morgan fingerprint density at radius 3 is 2.39 bits per heavy atom. The Morgan fingerprint density at radius 1 is 1.22 bits per heavy atom. The lowest BCUT2D eigenvalue weighted by atomic mass is 10.2. The fourth-order valence-corrected chi connectivity index (χ4v) is 1.73. The summed E-state index contributed by atoms with van der Waals surface area (Å²) in [5, 5.41) is 26.5. The number of ether oxygens (including phenoxy) is 2. The zero-order valence-corrected chi connectivity index (χ0v) is 9.67. The highest BCUT2D eigenvalue weighted by atomic mass is 16.6. The van der Waals surface area contributed by atoms with Crippen molar-refractivity contribution in [1.82, 2.24) is 9.69 Å².